The summed E-state index contributed by atoms with van der Waals surface area (Å²) in [7, 11) is 1.69. The first-order valence-corrected chi connectivity index (χ1v) is 10.6. The number of hydrogen-bond acceptors (Lipinski definition) is 4. The zero-order valence-electron chi connectivity index (χ0n) is 18.2. The van der Waals surface area contributed by atoms with Gasteiger partial charge in [0.15, 0.2) is 0 Å². The summed E-state index contributed by atoms with van der Waals surface area (Å²) in [6.45, 7) is 1.80. The second-order valence-corrected chi connectivity index (χ2v) is 7.85. The van der Waals surface area contributed by atoms with Crippen LogP contribution in [0.2, 0.25) is 5.02 Å². The van der Waals surface area contributed by atoms with Crippen LogP contribution in [0, 0.1) is 6.92 Å². The number of rotatable bonds is 8. The number of nitrogens with one attached hydrogen (secondary N) is 3. The van der Waals surface area contributed by atoms with Crippen molar-refractivity contribution in [2.45, 2.75) is 19.4 Å². The van der Waals surface area contributed by atoms with E-state index in [2.05, 4.69) is 16.0 Å². The number of aryl methyl sites for hydroxylation is 1. The highest BCUT2D eigenvalue weighted by Crippen LogP contribution is 2.21. The molecule has 1 atom stereocenters. The molecular formula is C25H24ClN3O4. The lowest BCUT2D eigenvalue weighted by Crippen LogP contribution is -2.42. The number of aliphatic carboxylic acids is 1. The minimum atomic E-state index is -1.14. The van der Waals surface area contributed by atoms with Crippen LogP contribution in [0.5, 0.6) is 0 Å². The van der Waals surface area contributed by atoms with Gasteiger partial charge in [-0.15, -0.1) is 0 Å². The Morgan fingerprint density at radius 3 is 2.27 bits per heavy atom. The van der Waals surface area contributed by atoms with Gasteiger partial charge in [-0.05, 0) is 48.4 Å². The summed E-state index contributed by atoms with van der Waals surface area (Å²) in [5.74, 6) is -1.95. The van der Waals surface area contributed by atoms with Crippen molar-refractivity contribution in [3.63, 3.8) is 0 Å². The number of anilines is 2. The van der Waals surface area contributed by atoms with Crippen LogP contribution in [0.1, 0.15) is 31.8 Å². The van der Waals surface area contributed by atoms with Gasteiger partial charge in [-0.25, -0.2) is 4.79 Å². The van der Waals surface area contributed by atoms with Crippen molar-refractivity contribution in [3.05, 3.63) is 94.0 Å². The monoisotopic (exact) mass is 465 g/mol. The minimum Gasteiger partial charge on any atom is -0.480 e. The number of benzene rings is 3. The Morgan fingerprint density at radius 2 is 1.64 bits per heavy atom. The number of carboxylic acid groups (broad SMARTS) is 1. The second-order valence-electron chi connectivity index (χ2n) is 7.45. The van der Waals surface area contributed by atoms with Crippen LogP contribution in [0.3, 0.4) is 0 Å². The molecule has 3 aromatic rings. The van der Waals surface area contributed by atoms with Crippen LogP contribution in [0.15, 0.2) is 66.7 Å². The van der Waals surface area contributed by atoms with Gasteiger partial charge in [0.1, 0.15) is 6.04 Å². The Hall–Kier alpha value is -3.84. The molecule has 0 spiro atoms. The van der Waals surface area contributed by atoms with Crippen molar-refractivity contribution in [2.75, 3.05) is 17.7 Å². The van der Waals surface area contributed by atoms with Crippen molar-refractivity contribution in [1.29, 1.82) is 0 Å². The third-order valence-corrected chi connectivity index (χ3v) is 5.46. The number of carboxylic acids is 1. The maximum absolute atomic E-state index is 12.6. The molecule has 0 bridgehead atoms. The molecule has 170 valence electrons. The maximum Gasteiger partial charge on any atom is 0.326 e. The standard InChI is InChI=1S/C25H24ClN3O4/c1-15-6-5-8-19(26)22(15)24(31)28-17-12-10-16(11-13-17)14-21(25(32)33)29-23(30)18-7-3-4-9-20(18)27-2/h3-13,21,27H,14H2,1-2H3,(H,28,31)(H,29,30)(H,32,33). The number of para-hydroxylation sites is 1. The number of carbonyl (C=O) groups is 3. The Labute approximate surface area is 196 Å². The second kappa shape index (κ2) is 10.7. The summed E-state index contributed by atoms with van der Waals surface area (Å²) in [5.41, 5.74) is 3.36. The Balaban J connectivity index is 1.68. The van der Waals surface area contributed by atoms with Crippen LogP contribution in [-0.4, -0.2) is 36.0 Å². The molecule has 0 aliphatic carbocycles. The van der Waals surface area contributed by atoms with E-state index in [0.717, 1.165) is 5.56 Å². The highest BCUT2D eigenvalue weighted by atomic mass is 35.5. The van der Waals surface area contributed by atoms with Crippen molar-refractivity contribution in [3.8, 4) is 0 Å². The van der Waals surface area contributed by atoms with E-state index in [9.17, 15) is 19.5 Å². The van der Waals surface area contributed by atoms with E-state index in [1.165, 1.54) is 0 Å². The number of halogens is 1. The molecule has 3 rings (SSSR count). The lowest BCUT2D eigenvalue weighted by molar-refractivity contribution is -0.139. The molecule has 4 N–H and O–H groups in total. The molecule has 8 heteroatoms. The fourth-order valence-electron chi connectivity index (χ4n) is 3.41. The van der Waals surface area contributed by atoms with Crippen LogP contribution in [0.4, 0.5) is 11.4 Å². The highest BCUT2D eigenvalue weighted by molar-refractivity contribution is 6.34. The summed E-state index contributed by atoms with van der Waals surface area (Å²) >= 11 is 6.15. The molecule has 0 saturated carbocycles. The van der Waals surface area contributed by atoms with Crippen LogP contribution in [-0.2, 0) is 11.2 Å². The lowest BCUT2D eigenvalue weighted by atomic mass is 10.0. The SMILES string of the molecule is CNc1ccccc1C(=O)NC(Cc1ccc(NC(=O)c2c(C)cccc2Cl)cc1)C(=O)O. The molecule has 0 fully saturated rings. The average Bonchev–Trinajstić information content (AvgIpc) is 2.79. The van der Waals surface area contributed by atoms with Gasteiger partial charge in [0.05, 0.1) is 16.1 Å². The normalized spacial score (nSPS) is 11.4. The third-order valence-electron chi connectivity index (χ3n) is 5.15. The molecule has 0 aromatic heterocycles. The Morgan fingerprint density at radius 1 is 0.939 bits per heavy atom. The molecule has 0 saturated heterocycles. The van der Waals surface area contributed by atoms with Gasteiger partial charge < -0.3 is 21.1 Å². The van der Waals surface area contributed by atoms with E-state index in [-0.39, 0.29) is 12.3 Å². The quantitative estimate of drug-likeness (QED) is 0.395. The molecule has 2 amide bonds. The summed E-state index contributed by atoms with van der Waals surface area (Å²) in [6.07, 6.45) is 0.0840. The van der Waals surface area contributed by atoms with Crippen molar-refractivity contribution < 1.29 is 19.5 Å². The molecule has 0 heterocycles. The molecule has 0 aliphatic rings. The van der Waals surface area contributed by atoms with Crippen LogP contribution < -0.4 is 16.0 Å². The first kappa shape index (κ1) is 23.8. The summed E-state index contributed by atoms with van der Waals surface area (Å²) in [4.78, 5) is 37.0. The topological polar surface area (TPSA) is 108 Å². The van der Waals surface area contributed by atoms with Crippen molar-refractivity contribution in [1.82, 2.24) is 5.32 Å². The number of carbonyl (C=O) groups excluding carboxylic acids is 2. The average molecular weight is 466 g/mol. The number of hydrogen-bond donors (Lipinski definition) is 4. The van der Waals surface area contributed by atoms with Gasteiger partial charge in [0, 0.05) is 24.8 Å². The fourth-order valence-corrected chi connectivity index (χ4v) is 3.72. The smallest absolute Gasteiger partial charge is 0.326 e. The van der Waals surface area contributed by atoms with Gasteiger partial charge in [0.25, 0.3) is 11.8 Å². The zero-order chi connectivity index (χ0) is 24.0. The lowest BCUT2D eigenvalue weighted by Gasteiger charge is -2.16. The van der Waals surface area contributed by atoms with E-state index >= 15 is 0 Å². The predicted molar refractivity (Wildman–Crippen MR) is 129 cm³/mol. The Kier molecular flexibility index (Phi) is 7.69. The van der Waals surface area contributed by atoms with Gasteiger partial charge in [-0.1, -0.05) is 48.0 Å². The summed E-state index contributed by atoms with van der Waals surface area (Å²) < 4.78 is 0. The molecule has 3 aromatic carbocycles. The van der Waals surface area contributed by atoms with E-state index in [4.69, 9.17) is 11.6 Å². The molecule has 0 radical (unpaired) electrons. The first-order valence-electron chi connectivity index (χ1n) is 10.3. The van der Waals surface area contributed by atoms with Crippen LogP contribution in [0.25, 0.3) is 0 Å². The van der Waals surface area contributed by atoms with Gasteiger partial charge in [-0.3, -0.25) is 9.59 Å². The highest BCUT2D eigenvalue weighted by Gasteiger charge is 2.22. The predicted octanol–water partition coefficient (Wildman–Crippen LogP) is 4.37. The summed E-state index contributed by atoms with van der Waals surface area (Å²) in [6, 6.07) is 17.7. The molecule has 0 aliphatic heterocycles. The van der Waals surface area contributed by atoms with Crippen LogP contribution >= 0.6 is 11.6 Å². The van der Waals surface area contributed by atoms with Crippen molar-refractivity contribution in [2.24, 2.45) is 0 Å². The van der Waals surface area contributed by atoms with E-state index in [1.54, 1.807) is 80.7 Å². The number of amides is 2. The van der Waals surface area contributed by atoms with Gasteiger partial charge >= 0.3 is 5.97 Å². The molecular weight excluding hydrogens is 442 g/mol. The molecule has 1 unspecified atom stereocenters. The first-order chi connectivity index (χ1) is 15.8. The molecule has 33 heavy (non-hydrogen) atoms. The third kappa shape index (κ3) is 5.90. The van der Waals surface area contributed by atoms with Gasteiger partial charge in [0.2, 0.25) is 0 Å². The largest absolute Gasteiger partial charge is 0.480 e. The minimum absolute atomic E-state index is 0.0840. The maximum atomic E-state index is 12.6. The van der Waals surface area contributed by atoms with Gasteiger partial charge in [-0.2, -0.15) is 0 Å². The van der Waals surface area contributed by atoms with E-state index in [0.29, 0.717) is 33.1 Å². The summed E-state index contributed by atoms with van der Waals surface area (Å²) in [5, 5.41) is 18.3. The zero-order valence-corrected chi connectivity index (χ0v) is 18.9. The molecule has 7 nitrogen and oxygen atoms in total. The van der Waals surface area contributed by atoms with Crippen molar-refractivity contribution >= 4 is 40.8 Å². The van der Waals surface area contributed by atoms with E-state index < -0.39 is 17.9 Å². The van der Waals surface area contributed by atoms with E-state index in [1.807, 2.05) is 0 Å². The fraction of sp³-hybridized carbons (Fsp3) is 0.160. The Bertz CT molecular complexity index is 1160.